The van der Waals surface area contributed by atoms with Crippen LogP contribution in [0.4, 0.5) is 21.8 Å². The van der Waals surface area contributed by atoms with Gasteiger partial charge in [0.15, 0.2) is 11.6 Å². The highest BCUT2D eigenvalue weighted by Gasteiger charge is 2.15. The van der Waals surface area contributed by atoms with Crippen molar-refractivity contribution in [3.05, 3.63) is 53.7 Å². The van der Waals surface area contributed by atoms with Crippen LogP contribution in [-0.4, -0.2) is 9.97 Å². The topological polar surface area (TPSA) is 63.8 Å². The summed E-state index contributed by atoms with van der Waals surface area (Å²) in [7, 11) is 0. The van der Waals surface area contributed by atoms with Crippen LogP contribution in [0.5, 0.6) is 0 Å². The summed E-state index contributed by atoms with van der Waals surface area (Å²) in [5.74, 6) is -0.397. The van der Waals surface area contributed by atoms with Gasteiger partial charge >= 0.3 is 0 Å². The molecule has 0 aliphatic carbocycles. The van der Waals surface area contributed by atoms with E-state index in [1.807, 2.05) is 41.8 Å². The smallest absolute Gasteiger partial charge is 0.222 e. The quantitative estimate of drug-likeness (QED) is 0.771. The highest BCUT2D eigenvalue weighted by Crippen LogP contribution is 2.30. The molecule has 0 aliphatic heterocycles. The summed E-state index contributed by atoms with van der Waals surface area (Å²) in [6.45, 7) is 0. The third-order valence-electron chi connectivity index (χ3n) is 2.66. The van der Waals surface area contributed by atoms with Crippen LogP contribution in [-0.2, 0) is 0 Å². The Labute approximate surface area is 119 Å². The van der Waals surface area contributed by atoms with Gasteiger partial charge < -0.3 is 11.1 Å². The zero-order valence-corrected chi connectivity index (χ0v) is 11.2. The fourth-order valence-corrected chi connectivity index (χ4v) is 2.49. The molecule has 2 heterocycles. The van der Waals surface area contributed by atoms with Crippen LogP contribution >= 0.6 is 11.3 Å². The first-order chi connectivity index (χ1) is 9.74. The summed E-state index contributed by atoms with van der Waals surface area (Å²) >= 11 is 1.40. The molecule has 3 rings (SSSR count). The van der Waals surface area contributed by atoms with Crippen molar-refractivity contribution >= 4 is 28.8 Å². The number of nitrogens with zero attached hydrogens (tertiary/aromatic N) is 2. The average Bonchev–Trinajstić information content (AvgIpc) is 2.97. The Bertz CT molecular complexity index is 714. The van der Waals surface area contributed by atoms with Gasteiger partial charge in [0.05, 0.1) is 4.88 Å². The molecule has 4 nitrogen and oxygen atoms in total. The van der Waals surface area contributed by atoms with Crippen molar-refractivity contribution in [2.45, 2.75) is 0 Å². The molecule has 3 N–H and O–H groups in total. The highest BCUT2D eigenvalue weighted by atomic mass is 32.1. The molecule has 0 saturated carbocycles. The van der Waals surface area contributed by atoms with Gasteiger partial charge in [0, 0.05) is 5.69 Å². The lowest BCUT2D eigenvalue weighted by Gasteiger charge is -2.09. The number of rotatable bonds is 3. The van der Waals surface area contributed by atoms with Crippen LogP contribution in [0.15, 0.2) is 47.8 Å². The van der Waals surface area contributed by atoms with E-state index in [4.69, 9.17) is 5.73 Å². The second-order valence-corrected chi connectivity index (χ2v) is 5.01. The number of nitrogen functional groups attached to an aromatic ring is 1. The molecular formula is C14H11FN4S. The van der Waals surface area contributed by atoms with Crippen LogP contribution in [0.3, 0.4) is 0 Å². The normalized spacial score (nSPS) is 10.4. The first-order valence-electron chi connectivity index (χ1n) is 5.93. The Balaban J connectivity index is 2.04. The van der Waals surface area contributed by atoms with Gasteiger partial charge in [-0.2, -0.15) is 4.98 Å². The van der Waals surface area contributed by atoms with Crippen LogP contribution in [0.2, 0.25) is 0 Å². The zero-order chi connectivity index (χ0) is 13.9. The lowest BCUT2D eigenvalue weighted by Crippen LogP contribution is -2.05. The van der Waals surface area contributed by atoms with Crippen LogP contribution in [0.1, 0.15) is 0 Å². The minimum atomic E-state index is -0.509. The first kappa shape index (κ1) is 12.6. The molecule has 0 saturated heterocycles. The van der Waals surface area contributed by atoms with Crippen LogP contribution in [0, 0.1) is 5.82 Å². The number of hydrogen-bond acceptors (Lipinski definition) is 5. The molecule has 20 heavy (non-hydrogen) atoms. The lowest BCUT2D eigenvalue weighted by molar-refractivity contribution is 0.624. The van der Waals surface area contributed by atoms with Crippen LogP contribution in [0.25, 0.3) is 10.6 Å². The predicted octanol–water partition coefficient (Wildman–Crippen LogP) is 3.67. The van der Waals surface area contributed by atoms with Gasteiger partial charge in [0.2, 0.25) is 5.95 Å². The molecule has 0 fully saturated rings. The van der Waals surface area contributed by atoms with E-state index in [1.165, 1.54) is 11.3 Å². The molecule has 0 bridgehead atoms. The Morgan fingerprint density at radius 1 is 1.05 bits per heavy atom. The fourth-order valence-electron chi connectivity index (χ4n) is 1.78. The number of anilines is 3. The average molecular weight is 286 g/mol. The van der Waals surface area contributed by atoms with E-state index in [9.17, 15) is 4.39 Å². The van der Waals surface area contributed by atoms with Gasteiger partial charge in [-0.25, -0.2) is 9.37 Å². The predicted molar refractivity (Wildman–Crippen MR) is 79.4 cm³/mol. The van der Waals surface area contributed by atoms with Crippen molar-refractivity contribution < 1.29 is 4.39 Å². The summed E-state index contributed by atoms with van der Waals surface area (Å²) in [5.41, 5.74) is 6.62. The van der Waals surface area contributed by atoms with Crippen molar-refractivity contribution in [3.63, 3.8) is 0 Å². The van der Waals surface area contributed by atoms with E-state index in [0.717, 1.165) is 5.69 Å². The summed E-state index contributed by atoms with van der Waals surface area (Å²) in [6, 6.07) is 12.9. The van der Waals surface area contributed by atoms with Crippen molar-refractivity contribution in [1.29, 1.82) is 0 Å². The Kier molecular flexibility index (Phi) is 3.30. The molecule has 2 aromatic heterocycles. The van der Waals surface area contributed by atoms with E-state index in [2.05, 4.69) is 15.3 Å². The van der Waals surface area contributed by atoms with Gasteiger partial charge in [0.1, 0.15) is 5.69 Å². The third-order valence-corrected chi connectivity index (χ3v) is 3.54. The number of para-hydroxylation sites is 1. The number of nitrogens with two attached hydrogens (primary N) is 1. The maximum atomic E-state index is 14.5. The molecule has 0 atom stereocenters. The number of aromatic nitrogens is 2. The zero-order valence-electron chi connectivity index (χ0n) is 10.4. The van der Waals surface area contributed by atoms with E-state index >= 15 is 0 Å². The Hall–Kier alpha value is -2.47. The Morgan fingerprint density at radius 3 is 2.55 bits per heavy atom. The second kappa shape index (κ2) is 5.26. The van der Waals surface area contributed by atoms with Crippen molar-refractivity contribution in [1.82, 2.24) is 9.97 Å². The van der Waals surface area contributed by atoms with Crippen molar-refractivity contribution in [2.24, 2.45) is 0 Å². The maximum Gasteiger partial charge on any atom is 0.222 e. The van der Waals surface area contributed by atoms with Gasteiger partial charge in [-0.05, 0) is 23.6 Å². The van der Waals surface area contributed by atoms with Gasteiger partial charge in [-0.3, -0.25) is 0 Å². The first-order valence-corrected chi connectivity index (χ1v) is 6.81. The minimum Gasteiger partial charge on any atom is -0.368 e. The maximum absolute atomic E-state index is 14.5. The molecule has 0 spiro atoms. The van der Waals surface area contributed by atoms with Crippen LogP contribution < -0.4 is 11.1 Å². The number of thiophene rings is 1. The third kappa shape index (κ3) is 2.46. The monoisotopic (exact) mass is 286 g/mol. The molecule has 0 aliphatic rings. The minimum absolute atomic E-state index is 0.0354. The summed E-state index contributed by atoms with van der Waals surface area (Å²) in [6.07, 6.45) is 0. The number of halogens is 1. The number of nitrogens with one attached hydrogen (secondary N) is 1. The SMILES string of the molecule is Nc1nc(Nc2ccccc2)c(F)c(-c2cccs2)n1. The molecular weight excluding hydrogens is 275 g/mol. The van der Waals surface area contributed by atoms with Gasteiger partial charge in [-0.1, -0.05) is 24.3 Å². The van der Waals surface area contributed by atoms with Crippen molar-refractivity contribution in [3.8, 4) is 10.6 Å². The molecule has 1 aromatic carbocycles. The summed E-state index contributed by atoms with van der Waals surface area (Å²) in [4.78, 5) is 8.62. The fraction of sp³-hybridized carbons (Fsp3) is 0. The standard InChI is InChI=1S/C14H11FN4S/c15-11-12(10-7-4-8-20-10)18-14(16)19-13(11)17-9-5-2-1-3-6-9/h1-8H,(H3,16,17,18,19). The largest absolute Gasteiger partial charge is 0.368 e. The molecule has 3 aromatic rings. The molecule has 6 heteroatoms. The van der Waals surface area contributed by atoms with E-state index in [0.29, 0.717) is 4.88 Å². The second-order valence-electron chi connectivity index (χ2n) is 4.06. The molecule has 100 valence electrons. The van der Waals surface area contributed by atoms with Gasteiger partial charge in [-0.15, -0.1) is 11.3 Å². The van der Waals surface area contributed by atoms with E-state index < -0.39 is 5.82 Å². The summed E-state index contributed by atoms with van der Waals surface area (Å²) < 4.78 is 14.5. The highest BCUT2D eigenvalue weighted by molar-refractivity contribution is 7.13. The van der Waals surface area contributed by atoms with Gasteiger partial charge in [0.25, 0.3) is 0 Å². The number of hydrogen-bond donors (Lipinski definition) is 2. The Morgan fingerprint density at radius 2 is 1.85 bits per heavy atom. The molecule has 0 radical (unpaired) electrons. The van der Waals surface area contributed by atoms with E-state index in [-0.39, 0.29) is 17.5 Å². The molecule has 0 unspecified atom stereocenters. The van der Waals surface area contributed by atoms with E-state index in [1.54, 1.807) is 6.07 Å². The molecule has 0 amide bonds. The summed E-state index contributed by atoms with van der Waals surface area (Å²) in [5, 5.41) is 4.77. The number of benzene rings is 1. The lowest BCUT2D eigenvalue weighted by atomic mass is 10.3. The van der Waals surface area contributed by atoms with Crippen molar-refractivity contribution in [2.75, 3.05) is 11.1 Å².